The Balaban J connectivity index is 1.98. The van der Waals surface area contributed by atoms with E-state index in [-0.39, 0.29) is 0 Å². The second-order valence-electron chi connectivity index (χ2n) is 5.30. The molecule has 1 aromatic heterocycles. The molecule has 3 rings (SSSR count). The molecule has 1 heterocycles. The molecular weight excluding hydrogens is 387 g/mol. The molecule has 3 aromatic rings. The first kappa shape index (κ1) is 18.5. The van der Waals surface area contributed by atoms with Gasteiger partial charge in [0.15, 0.2) is 0 Å². The van der Waals surface area contributed by atoms with Crippen LogP contribution < -0.4 is 4.74 Å². The fourth-order valence-electron chi connectivity index (χ4n) is 2.40. The van der Waals surface area contributed by atoms with Crippen LogP contribution in [0.5, 0.6) is 5.75 Å². The molecule has 0 N–H and O–H groups in total. The van der Waals surface area contributed by atoms with E-state index < -0.39 is 0 Å². The van der Waals surface area contributed by atoms with Gasteiger partial charge in [0, 0.05) is 21.5 Å². The van der Waals surface area contributed by atoms with Crippen molar-refractivity contribution in [3.63, 3.8) is 0 Å². The molecule has 6 heteroatoms. The predicted molar refractivity (Wildman–Crippen MR) is 109 cm³/mol. The summed E-state index contributed by atoms with van der Waals surface area (Å²) in [6, 6.07) is 15.1. The van der Waals surface area contributed by atoms with Crippen LogP contribution in [0.15, 0.2) is 47.8 Å². The number of rotatable bonds is 5. The Morgan fingerprint density at radius 3 is 2.81 bits per heavy atom. The molecule has 0 fully saturated rings. The smallest absolute Gasteiger partial charge is 0.134 e. The van der Waals surface area contributed by atoms with Crippen LogP contribution in [0.4, 0.5) is 0 Å². The second kappa shape index (κ2) is 8.37. The Morgan fingerprint density at radius 1 is 1.27 bits per heavy atom. The van der Waals surface area contributed by atoms with Gasteiger partial charge in [-0.15, -0.1) is 11.3 Å². The number of halogens is 2. The number of para-hydroxylation sites is 1. The van der Waals surface area contributed by atoms with Gasteiger partial charge in [-0.25, -0.2) is 4.98 Å². The van der Waals surface area contributed by atoms with Gasteiger partial charge in [0.25, 0.3) is 0 Å². The normalized spacial score (nSPS) is 11.2. The van der Waals surface area contributed by atoms with Gasteiger partial charge >= 0.3 is 0 Å². The van der Waals surface area contributed by atoms with Crippen molar-refractivity contribution in [3.05, 3.63) is 68.5 Å². The summed E-state index contributed by atoms with van der Waals surface area (Å²) in [5.74, 6) is 0.736. The topological polar surface area (TPSA) is 45.9 Å². The Morgan fingerprint density at radius 2 is 2.08 bits per heavy atom. The molecule has 0 saturated carbocycles. The average Bonchev–Trinajstić information content (AvgIpc) is 3.10. The minimum Gasteiger partial charge on any atom is -0.493 e. The largest absolute Gasteiger partial charge is 0.493 e. The van der Waals surface area contributed by atoms with E-state index in [0.29, 0.717) is 32.9 Å². The number of benzene rings is 2. The van der Waals surface area contributed by atoms with Gasteiger partial charge in [-0.3, -0.25) is 0 Å². The van der Waals surface area contributed by atoms with E-state index in [9.17, 15) is 5.26 Å². The highest BCUT2D eigenvalue weighted by Crippen LogP contribution is 2.33. The van der Waals surface area contributed by atoms with E-state index in [0.717, 1.165) is 16.9 Å². The Bertz CT molecular complexity index is 1010. The lowest BCUT2D eigenvalue weighted by molar-refractivity contribution is 0.339. The van der Waals surface area contributed by atoms with Crippen LogP contribution in [0.25, 0.3) is 22.9 Å². The number of hydrogen-bond donors (Lipinski definition) is 0. The predicted octanol–water partition coefficient (Wildman–Crippen LogP) is 6.58. The number of allylic oxidation sites excluding steroid dienone is 1. The molecule has 26 heavy (non-hydrogen) atoms. The molecule has 0 aliphatic rings. The Kier molecular flexibility index (Phi) is 5.95. The van der Waals surface area contributed by atoms with Crippen molar-refractivity contribution in [2.75, 3.05) is 6.61 Å². The molecule has 0 spiro atoms. The summed E-state index contributed by atoms with van der Waals surface area (Å²) in [6.07, 6.45) is 1.79. The summed E-state index contributed by atoms with van der Waals surface area (Å²) in [6.45, 7) is 2.48. The van der Waals surface area contributed by atoms with Crippen molar-refractivity contribution in [3.8, 4) is 23.1 Å². The van der Waals surface area contributed by atoms with Gasteiger partial charge in [-0.2, -0.15) is 5.26 Å². The van der Waals surface area contributed by atoms with Gasteiger partial charge in [0.2, 0.25) is 0 Å². The van der Waals surface area contributed by atoms with Crippen molar-refractivity contribution in [1.82, 2.24) is 4.98 Å². The Hall–Kier alpha value is -2.32. The number of nitrogens with zero attached hydrogens (tertiary/aromatic N) is 2. The number of aromatic nitrogens is 1. The van der Waals surface area contributed by atoms with E-state index in [1.54, 1.807) is 18.2 Å². The minimum absolute atomic E-state index is 0.471. The molecule has 0 unspecified atom stereocenters. The van der Waals surface area contributed by atoms with Gasteiger partial charge in [0.1, 0.15) is 16.8 Å². The zero-order valence-corrected chi connectivity index (χ0v) is 16.2. The lowest BCUT2D eigenvalue weighted by Crippen LogP contribution is -1.93. The van der Waals surface area contributed by atoms with Crippen LogP contribution in [0.2, 0.25) is 10.0 Å². The maximum Gasteiger partial charge on any atom is 0.134 e. The summed E-state index contributed by atoms with van der Waals surface area (Å²) < 4.78 is 5.62. The minimum atomic E-state index is 0.471. The van der Waals surface area contributed by atoms with E-state index in [2.05, 4.69) is 11.1 Å². The fraction of sp³-hybridized carbons (Fsp3) is 0.100. The molecule has 2 aromatic carbocycles. The molecular formula is C20H14Cl2N2OS. The zero-order valence-electron chi connectivity index (χ0n) is 13.9. The quantitative estimate of drug-likeness (QED) is 0.454. The highest BCUT2D eigenvalue weighted by atomic mass is 35.5. The van der Waals surface area contributed by atoms with E-state index in [4.69, 9.17) is 27.9 Å². The number of hydrogen-bond acceptors (Lipinski definition) is 4. The van der Waals surface area contributed by atoms with Crippen molar-refractivity contribution >= 4 is 46.2 Å². The highest BCUT2D eigenvalue weighted by Gasteiger charge is 2.12. The van der Waals surface area contributed by atoms with E-state index in [1.807, 2.05) is 42.6 Å². The highest BCUT2D eigenvalue weighted by molar-refractivity contribution is 7.11. The van der Waals surface area contributed by atoms with E-state index in [1.165, 1.54) is 11.3 Å². The van der Waals surface area contributed by atoms with Crippen LogP contribution >= 0.6 is 34.5 Å². The average molecular weight is 401 g/mol. The number of nitriles is 1. The second-order valence-corrected chi connectivity index (χ2v) is 7.00. The third-order valence-corrected chi connectivity index (χ3v) is 5.00. The van der Waals surface area contributed by atoms with Crippen LogP contribution in [0.3, 0.4) is 0 Å². The van der Waals surface area contributed by atoms with Gasteiger partial charge in [0.05, 0.1) is 22.9 Å². The molecule has 0 amide bonds. The van der Waals surface area contributed by atoms with Gasteiger partial charge < -0.3 is 4.74 Å². The third kappa shape index (κ3) is 4.08. The molecule has 0 saturated heterocycles. The molecule has 3 nitrogen and oxygen atoms in total. The lowest BCUT2D eigenvalue weighted by atomic mass is 10.1. The van der Waals surface area contributed by atoms with Gasteiger partial charge in [-0.1, -0.05) is 41.4 Å². The molecule has 0 bridgehead atoms. The van der Waals surface area contributed by atoms with Crippen LogP contribution in [-0.4, -0.2) is 11.6 Å². The Labute approximate surface area is 166 Å². The molecule has 0 aliphatic carbocycles. The first-order valence-electron chi connectivity index (χ1n) is 7.87. The van der Waals surface area contributed by atoms with E-state index >= 15 is 0 Å². The monoisotopic (exact) mass is 400 g/mol. The van der Waals surface area contributed by atoms with Crippen LogP contribution in [-0.2, 0) is 0 Å². The van der Waals surface area contributed by atoms with Crippen molar-refractivity contribution in [2.24, 2.45) is 0 Å². The third-order valence-electron chi connectivity index (χ3n) is 3.58. The summed E-state index contributed by atoms with van der Waals surface area (Å²) >= 11 is 13.6. The zero-order chi connectivity index (χ0) is 18.5. The lowest BCUT2D eigenvalue weighted by Gasteiger charge is -2.06. The summed E-state index contributed by atoms with van der Waals surface area (Å²) in [5, 5.41) is 13.2. The molecule has 0 radical (unpaired) electrons. The first-order chi connectivity index (χ1) is 12.6. The maximum atomic E-state index is 9.60. The van der Waals surface area contributed by atoms with Crippen molar-refractivity contribution < 1.29 is 4.74 Å². The number of ether oxygens (including phenoxy) is 1. The van der Waals surface area contributed by atoms with Crippen LogP contribution in [0.1, 0.15) is 17.5 Å². The maximum absolute atomic E-state index is 9.60. The van der Waals surface area contributed by atoms with Crippen LogP contribution in [0, 0.1) is 11.3 Å². The van der Waals surface area contributed by atoms with Crippen molar-refractivity contribution in [1.29, 1.82) is 5.26 Å². The van der Waals surface area contributed by atoms with Crippen molar-refractivity contribution in [2.45, 2.75) is 6.92 Å². The molecule has 130 valence electrons. The summed E-state index contributed by atoms with van der Waals surface area (Å²) in [5.41, 5.74) is 2.81. The molecule has 0 atom stereocenters. The SMILES string of the molecule is CCOc1ccccc1C=C(C#N)c1nc(-c2ccc(Cl)cc2Cl)cs1. The number of thiazole rings is 1. The molecule has 0 aliphatic heterocycles. The standard InChI is InChI=1S/C20H14Cl2N2OS/c1-2-25-19-6-4-3-5-13(19)9-14(11-23)20-24-18(12-26-20)16-8-7-15(21)10-17(16)22/h3-10,12H,2H2,1H3. The van der Waals surface area contributed by atoms with Gasteiger partial charge in [-0.05, 0) is 37.3 Å². The summed E-state index contributed by atoms with van der Waals surface area (Å²) in [7, 11) is 0. The first-order valence-corrected chi connectivity index (χ1v) is 9.51. The fourth-order valence-corrected chi connectivity index (χ4v) is 3.69. The summed E-state index contributed by atoms with van der Waals surface area (Å²) in [4.78, 5) is 4.57.